The van der Waals surface area contributed by atoms with Gasteiger partial charge in [0.25, 0.3) is 11.5 Å². The molecule has 4 bridgehead atoms. The Kier molecular flexibility index (Phi) is 6.09. The topological polar surface area (TPSA) is 68.4 Å². The van der Waals surface area contributed by atoms with Gasteiger partial charge in [-0.3, -0.25) is 14.5 Å². The summed E-state index contributed by atoms with van der Waals surface area (Å²) in [6.07, 6.45) is 2.62. The summed E-state index contributed by atoms with van der Waals surface area (Å²) in [4.78, 5) is 32.9. The van der Waals surface area contributed by atoms with Gasteiger partial charge in [0.1, 0.15) is 5.56 Å². The smallest absolute Gasteiger partial charge is 0.369 e. The molecule has 5 fully saturated rings. The Morgan fingerprint density at radius 1 is 0.973 bits per heavy atom. The van der Waals surface area contributed by atoms with Gasteiger partial charge in [-0.1, -0.05) is 6.07 Å². The van der Waals surface area contributed by atoms with Gasteiger partial charge >= 0.3 is 6.18 Å². The zero-order valence-electron chi connectivity index (χ0n) is 20.8. The quantitative estimate of drug-likeness (QED) is 0.620. The number of anilines is 1. The van der Waals surface area contributed by atoms with Crippen LogP contribution in [0.1, 0.15) is 60.1 Å². The highest BCUT2D eigenvalue weighted by Gasteiger charge is 2.51. The lowest BCUT2D eigenvalue weighted by molar-refractivity contribution is -0.137. The number of pyridine rings is 1. The zero-order chi connectivity index (χ0) is 25.8. The molecule has 1 amide bonds. The van der Waals surface area contributed by atoms with Crippen molar-refractivity contribution in [2.24, 2.45) is 17.8 Å². The van der Waals surface area contributed by atoms with Crippen molar-refractivity contribution in [2.45, 2.75) is 56.8 Å². The number of halogens is 3. The minimum Gasteiger partial charge on any atom is -0.369 e. The number of carbonyl (C=O) groups excluding carboxylic acids is 1. The molecular formula is C28H33F3N4O2. The number of benzene rings is 1. The van der Waals surface area contributed by atoms with E-state index in [9.17, 15) is 22.8 Å². The maximum Gasteiger partial charge on any atom is 0.416 e. The second kappa shape index (κ2) is 9.19. The predicted octanol–water partition coefficient (Wildman–Crippen LogP) is 4.41. The molecule has 9 heteroatoms. The highest BCUT2D eigenvalue weighted by atomic mass is 19.4. The largest absolute Gasteiger partial charge is 0.416 e. The summed E-state index contributed by atoms with van der Waals surface area (Å²) in [5.41, 5.74) is 0.297. The van der Waals surface area contributed by atoms with Crippen LogP contribution in [0.4, 0.5) is 18.9 Å². The minimum absolute atomic E-state index is 0.143. The molecule has 6 nitrogen and oxygen atoms in total. The summed E-state index contributed by atoms with van der Waals surface area (Å²) in [6.45, 7) is 3.02. The molecule has 37 heavy (non-hydrogen) atoms. The van der Waals surface area contributed by atoms with Crippen LogP contribution in [0.2, 0.25) is 0 Å². The molecule has 7 rings (SSSR count). The molecule has 1 aromatic carbocycles. The van der Waals surface area contributed by atoms with E-state index in [-0.39, 0.29) is 22.6 Å². The molecule has 1 aromatic heterocycles. The van der Waals surface area contributed by atoms with E-state index in [1.807, 2.05) is 4.90 Å². The van der Waals surface area contributed by atoms with Crippen LogP contribution < -0.4 is 15.8 Å². The normalized spacial score (nSPS) is 29.5. The Labute approximate surface area is 214 Å². The van der Waals surface area contributed by atoms with Gasteiger partial charge in [-0.15, -0.1) is 0 Å². The zero-order valence-corrected chi connectivity index (χ0v) is 20.8. The molecule has 5 aliphatic rings. The molecule has 2 aromatic rings. The molecule has 0 spiro atoms. The van der Waals surface area contributed by atoms with Gasteiger partial charge in [0.05, 0.1) is 5.56 Å². The lowest BCUT2D eigenvalue weighted by Crippen LogP contribution is -2.60. The third-order valence-electron chi connectivity index (χ3n) is 8.94. The van der Waals surface area contributed by atoms with Crippen molar-refractivity contribution in [3.63, 3.8) is 0 Å². The van der Waals surface area contributed by atoms with Crippen molar-refractivity contribution in [1.29, 1.82) is 0 Å². The van der Waals surface area contributed by atoms with E-state index < -0.39 is 11.7 Å². The maximum atomic E-state index is 13.1. The average Bonchev–Trinajstić information content (AvgIpc) is 2.83. The molecule has 0 radical (unpaired) electrons. The summed E-state index contributed by atoms with van der Waals surface area (Å²) >= 11 is 0. The fraction of sp³-hybridized carbons (Fsp3) is 0.571. The number of nitrogens with one attached hydrogen (secondary N) is 2. The number of carbonyl (C=O) groups is 1. The fourth-order valence-corrected chi connectivity index (χ4v) is 7.64. The van der Waals surface area contributed by atoms with Gasteiger partial charge in [-0.25, -0.2) is 0 Å². The number of rotatable bonds is 5. The Bertz CT molecular complexity index is 1200. The van der Waals surface area contributed by atoms with Crippen LogP contribution in [-0.4, -0.2) is 47.5 Å². The number of hydrogen-bond donors (Lipinski definition) is 2. The van der Waals surface area contributed by atoms with Gasteiger partial charge in [-0.2, -0.15) is 13.2 Å². The monoisotopic (exact) mass is 514 g/mol. The maximum absolute atomic E-state index is 13.1. The van der Waals surface area contributed by atoms with E-state index in [2.05, 4.69) is 15.2 Å². The summed E-state index contributed by atoms with van der Waals surface area (Å²) in [6, 6.07) is 8.85. The number of alkyl halides is 3. The van der Waals surface area contributed by atoms with Crippen molar-refractivity contribution in [2.75, 3.05) is 31.1 Å². The molecule has 4 saturated carbocycles. The second-order valence-electron chi connectivity index (χ2n) is 11.7. The number of nitrogens with zero attached hydrogens (tertiary/aromatic N) is 2. The first-order valence-corrected chi connectivity index (χ1v) is 13.4. The van der Waals surface area contributed by atoms with Crippen LogP contribution in [0.5, 0.6) is 0 Å². The minimum atomic E-state index is -4.36. The summed E-state index contributed by atoms with van der Waals surface area (Å²) in [7, 11) is 0. The number of amides is 1. The molecule has 198 valence electrons. The number of aromatic amines is 1. The highest BCUT2D eigenvalue weighted by Crippen LogP contribution is 2.55. The first-order valence-electron chi connectivity index (χ1n) is 13.4. The second-order valence-corrected chi connectivity index (χ2v) is 11.7. The lowest BCUT2D eigenvalue weighted by Gasteiger charge is -2.56. The third kappa shape index (κ3) is 5.02. The summed E-state index contributed by atoms with van der Waals surface area (Å²) in [5, 5.41) is 3.27. The molecule has 2 heterocycles. The van der Waals surface area contributed by atoms with E-state index in [1.165, 1.54) is 31.4 Å². The van der Waals surface area contributed by atoms with Gasteiger partial charge < -0.3 is 15.2 Å². The van der Waals surface area contributed by atoms with Gasteiger partial charge in [0.15, 0.2) is 0 Å². The van der Waals surface area contributed by atoms with Crippen molar-refractivity contribution < 1.29 is 18.0 Å². The fourth-order valence-electron chi connectivity index (χ4n) is 7.64. The van der Waals surface area contributed by atoms with Crippen molar-refractivity contribution in [1.82, 2.24) is 15.2 Å². The third-order valence-corrected chi connectivity index (χ3v) is 8.94. The molecule has 0 unspecified atom stereocenters. The molecule has 2 N–H and O–H groups in total. The van der Waals surface area contributed by atoms with Crippen LogP contribution in [-0.2, 0) is 12.7 Å². The van der Waals surface area contributed by atoms with E-state index in [0.717, 1.165) is 31.0 Å². The Morgan fingerprint density at radius 3 is 2.22 bits per heavy atom. The Hall–Kier alpha value is -2.81. The Morgan fingerprint density at radius 2 is 1.62 bits per heavy atom. The van der Waals surface area contributed by atoms with Crippen LogP contribution in [0.15, 0.2) is 41.2 Å². The van der Waals surface area contributed by atoms with Gasteiger partial charge in [0, 0.05) is 49.6 Å². The number of aromatic nitrogens is 1. The summed E-state index contributed by atoms with van der Waals surface area (Å²) < 4.78 is 39.2. The lowest BCUT2D eigenvalue weighted by atomic mass is 9.53. The van der Waals surface area contributed by atoms with Crippen LogP contribution >= 0.6 is 0 Å². The number of hydrogen-bond acceptors (Lipinski definition) is 4. The molecule has 0 atom stereocenters. The van der Waals surface area contributed by atoms with Crippen molar-refractivity contribution in [3.05, 3.63) is 63.6 Å². The van der Waals surface area contributed by atoms with E-state index in [0.29, 0.717) is 56.2 Å². The number of piperazine rings is 1. The van der Waals surface area contributed by atoms with Gasteiger partial charge in [-0.05, 0) is 86.6 Å². The van der Waals surface area contributed by atoms with E-state index in [1.54, 1.807) is 18.2 Å². The first kappa shape index (κ1) is 24.5. The number of H-pyrrole nitrogens is 1. The summed E-state index contributed by atoms with van der Waals surface area (Å²) in [5.74, 6) is 1.85. The van der Waals surface area contributed by atoms with Crippen molar-refractivity contribution in [3.8, 4) is 0 Å². The first-order chi connectivity index (χ1) is 17.7. The van der Waals surface area contributed by atoms with Crippen LogP contribution in [0.25, 0.3) is 0 Å². The van der Waals surface area contributed by atoms with Gasteiger partial charge in [0.2, 0.25) is 0 Å². The average molecular weight is 515 g/mol. The van der Waals surface area contributed by atoms with E-state index >= 15 is 0 Å². The standard InChI is InChI=1S/C28H33F3N4O2/c29-28(30,31)21-2-1-3-23(13-21)35-8-6-34(7-9-35)17-22-4-5-24(25(36)32-22)26(37)33-27-14-18-10-19(15-27)12-20(11-18)16-27/h1-5,13,18-20H,6-12,14-17H2,(H,32,36)(H,33,37). The predicted molar refractivity (Wildman–Crippen MR) is 134 cm³/mol. The molecule has 1 aliphatic heterocycles. The molecule has 1 saturated heterocycles. The molecular weight excluding hydrogens is 481 g/mol. The van der Waals surface area contributed by atoms with Crippen LogP contribution in [0, 0.1) is 17.8 Å². The van der Waals surface area contributed by atoms with Crippen molar-refractivity contribution >= 4 is 11.6 Å². The van der Waals surface area contributed by atoms with Crippen LogP contribution in [0.3, 0.4) is 0 Å². The highest BCUT2D eigenvalue weighted by molar-refractivity contribution is 5.94. The van der Waals surface area contributed by atoms with E-state index in [4.69, 9.17) is 0 Å². The molecule has 4 aliphatic carbocycles. The SMILES string of the molecule is O=C(NC12CC3CC(CC(C3)C1)C2)c1ccc(CN2CCN(c3cccc(C(F)(F)F)c3)CC2)[nH]c1=O. The Balaban J connectivity index is 1.06.